The van der Waals surface area contributed by atoms with Crippen molar-refractivity contribution in [3.05, 3.63) is 27.2 Å². The molecule has 0 saturated carbocycles. The molecule has 0 heterocycles. The summed E-state index contributed by atoms with van der Waals surface area (Å²) in [5.41, 5.74) is 0. The van der Waals surface area contributed by atoms with Gasteiger partial charge in [0.15, 0.2) is 5.75 Å². The largest absolute Gasteiger partial charge is 0.489 e. The van der Waals surface area contributed by atoms with E-state index in [0.29, 0.717) is 27.4 Å². The maximum absolute atomic E-state index is 6.02. The van der Waals surface area contributed by atoms with E-state index in [-0.39, 0.29) is 0 Å². The van der Waals surface area contributed by atoms with Crippen LogP contribution < -0.4 is 10.1 Å². The zero-order valence-corrected chi connectivity index (χ0v) is 13.6. The number of hydrogen-bond acceptors (Lipinski definition) is 2. The van der Waals surface area contributed by atoms with E-state index >= 15 is 0 Å². The molecule has 0 aliphatic rings. The molecule has 0 radical (unpaired) electrons. The SMILES string of the molecule is CC(C)CCCNCCOc1c(Cl)cc(Cl)cc1Cl. The van der Waals surface area contributed by atoms with Crippen molar-refractivity contribution in [2.75, 3.05) is 19.7 Å². The van der Waals surface area contributed by atoms with Crippen LogP contribution in [0, 0.1) is 5.92 Å². The molecular weight excluding hydrogens is 305 g/mol. The Morgan fingerprint density at radius 2 is 1.74 bits per heavy atom. The van der Waals surface area contributed by atoms with Gasteiger partial charge in [0.25, 0.3) is 0 Å². The van der Waals surface area contributed by atoms with Crippen LogP contribution in [0.5, 0.6) is 5.75 Å². The fourth-order valence-electron chi connectivity index (χ4n) is 1.65. The molecule has 0 fully saturated rings. The van der Waals surface area contributed by atoms with E-state index in [2.05, 4.69) is 19.2 Å². The third kappa shape index (κ3) is 6.71. The van der Waals surface area contributed by atoms with Crippen LogP contribution >= 0.6 is 34.8 Å². The van der Waals surface area contributed by atoms with Gasteiger partial charge >= 0.3 is 0 Å². The van der Waals surface area contributed by atoms with E-state index < -0.39 is 0 Å². The van der Waals surface area contributed by atoms with Crippen LogP contribution in [0.4, 0.5) is 0 Å². The molecular formula is C14H20Cl3NO. The standard InChI is InChI=1S/C14H20Cl3NO/c1-10(2)4-3-5-18-6-7-19-14-12(16)8-11(15)9-13(14)17/h8-10,18H,3-7H2,1-2H3. The summed E-state index contributed by atoms with van der Waals surface area (Å²) in [4.78, 5) is 0. The predicted molar refractivity (Wildman–Crippen MR) is 83.9 cm³/mol. The van der Waals surface area contributed by atoms with E-state index in [1.54, 1.807) is 12.1 Å². The van der Waals surface area contributed by atoms with Gasteiger partial charge in [0, 0.05) is 11.6 Å². The summed E-state index contributed by atoms with van der Waals surface area (Å²) < 4.78 is 5.57. The Morgan fingerprint density at radius 1 is 1.11 bits per heavy atom. The van der Waals surface area contributed by atoms with Gasteiger partial charge in [0.1, 0.15) is 6.61 Å². The van der Waals surface area contributed by atoms with Crippen LogP contribution in [-0.2, 0) is 0 Å². The highest BCUT2D eigenvalue weighted by atomic mass is 35.5. The lowest BCUT2D eigenvalue weighted by Crippen LogP contribution is -2.22. The summed E-state index contributed by atoms with van der Waals surface area (Å²) in [7, 11) is 0. The Labute approximate surface area is 130 Å². The second-order valence-electron chi connectivity index (χ2n) is 4.83. The van der Waals surface area contributed by atoms with Crippen molar-refractivity contribution in [1.82, 2.24) is 5.32 Å². The highest BCUT2D eigenvalue weighted by Crippen LogP contribution is 2.35. The van der Waals surface area contributed by atoms with Gasteiger partial charge in [-0.25, -0.2) is 0 Å². The van der Waals surface area contributed by atoms with Crippen molar-refractivity contribution >= 4 is 34.8 Å². The lowest BCUT2D eigenvalue weighted by molar-refractivity contribution is 0.313. The molecule has 0 aliphatic heterocycles. The first kappa shape index (κ1) is 16.9. The van der Waals surface area contributed by atoms with Gasteiger partial charge in [0.2, 0.25) is 0 Å². The monoisotopic (exact) mass is 323 g/mol. The molecule has 19 heavy (non-hydrogen) atoms. The fourth-order valence-corrected chi connectivity index (χ4v) is 2.58. The first-order chi connectivity index (χ1) is 9.00. The molecule has 1 aromatic rings. The average molecular weight is 325 g/mol. The van der Waals surface area contributed by atoms with Crippen molar-refractivity contribution in [1.29, 1.82) is 0 Å². The van der Waals surface area contributed by atoms with Crippen molar-refractivity contribution in [2.45, 2.75) is 26.7 Å². The van der Waals surface area contributed by atoms with Gasteiger partial charge < -0.3 is 10.1 Å². The van der Waals surface area contributed by atoms with Crippen molar-refractivity contribution in [3.63, 3.8) is 0 Å². The van der Waals surface area contributed by atoms with E-state index in [0.717, 1.165) is 19.0 Å². The molecule has 1 rings (SSSR count). The lowest BCUT2D eigenvalue weighted by Gasteiger charge is -2.11. The maximum Gasteiger partial charge on any atom is 0.156 e. The van der Waals surface area contributed by atoms with Gasteiger partial charge in [-0.05, 0) is 37.4 Å². The third-order valence-electron chi connectivity index (χ3n) is 2.62. The number of hydrogen-bond donors (Lipinski definition) is 1. The summed E-state index contributed by atoms with van der Waals surface area (Å²) in [5.74, 6) is 1.25. The van der Waals surface area contributed by atoms with Gasteiger partial charge in [-0.3, -0.25) is 0 Å². The molecule has 0 spiro atoms. The second-order valence-corrected chi connectivity index (χ2v) is 6.08. The predicted octanol–water partition coefficient (Wildman–Crippen LogP) is 5.05. The van der Waals surface area contributed by atoms with E-state index in [1.807, 2.05) is 0 Å². The minimum atomic E-state index is 0.442. The molecule has 0 amide bonds. The molecule has 0 bridgehead atoms. The molecule has 2 nitrogen and oxygen atoms in total. The number of benzene rings is 1. The Balaban J connectivity index is 2.23. The third-order valence-corrected chi connectivity index (χ3v) is 3.40. The Hall–Kier alpha value is -0.150. The van der Waals surface area contributed by atoms with E-state index in [4.69, 9.17) is 39.5 Å². The minimum Gasteiger partial charge on any atom is -0.489 e. The first-order valence-corrected chi connectivity index (χ1v) is 7.62. The van der Waals surface area contributed by atoms with Crippen LogP contribution in [0.3, 0.4) is 0 Å². The number of nitrogens with one attached hydrogen (secondary N) is 1. The molecule has 0 saturated heterocycles. The van der Waals surface area contributed by atoms with E-state index in [1.165, 1.54) is 12.8 Å². The van der Waals surface area contributed by atoms with Gasteiger partial charge in [-0.1, -0.05) is 48.7 Å². The van der Waals surface area contributed by atoms with Gasteiger partial charge in [-0.15, -0.1) is 0 Å². The fraction of sp³-hybridized carbons (Fsp3) is 0.571. The normalized spacial score (nSPS) is 11.1. The quantitative estimate of drug-likeness (QED) is 0.675. The van der Waals surface area contributed by atoms with Gasteiger partial charge in [0.05, 0.1) is 10.0 Å². The number of rotatable bonds is 8. The summed E-state index contributed by atoms with van der Waals surface area (Å²) in [6, 6.07) is 3.25. The molecule has 0 unspecified atom stereocenters. The molecule has 0 aliphatic carbocycles. The van der Waals surface area contributed by atoms with Crippen LogP contribution in [-0.4, -0.2) is 19.7 Å². The summed E-state index contributed by atoms with van der Waals surface area (Å²) in [5, 5.41) is 4.72. The Morgan fingerprint density at radius 3 is 2.32 bits per heavy atom. The molecule has 1 N–H and O–H groups in total. The molecule has 0 atom stereocenters. The average Bonchev–Trinajstić information content (AvgIpc) is 2.30. The second kappa shape index (κ2) is 8.91. The minimum absolute atomic E-state index is 0.442. The van der Waals surface area contributed by atoms with Crippen LogP contribution in [0.1, 0.15) is 26.7 Å². The highest BCUT2D eigenvalue weighted by molar-refractivity contribution is 6.40. The van der Waals surface area contributed by atoms with Crippen LogP contribution in [0.2, 0.25) is 15.1 Å². The van der Waals surface area contributed by atoms with Gasteiger partial charge in [-0.2, -0.15) is 0 Å². The number of ether oxygens (including phenoxy) is 1. The maximum atomic E-state index is 6.02. The molecule has 0 aromatic heterocycles. The Kier molecular flexibility index (Phi) is 7.93. The molecule has 1 aromatic carbocycles. The summed E-state index contributed by atoms with van der Waals surface area (Å²) >= 11 is 17.9. The van der Waals surface area contributed by atoms with Crippen molar-refractivity contribution in [2.24, 2.45) is 5.92 Å². The van der Waals surface area contributed by atoms with E-state index in [9.17, 15) is 0 Å². The van der Waals surface area contributed by atoms with Crippen LogP contribution in [0.15, 0.2) is 12.1 Å². The van der Waals surface area contributed by atoms with Crippen molar-refractivity contribution < 1.29 is 4.74 Å². The highest BCUT2D eigenvalue weighted by Gasteiger charge is 2.08. The zero-order chi connectivity index (χ0) is 14.3. The van der Waals surface area contributed by atoms with Crippen LogP contribution in [0.25, 0.3) is 0 Å². The topological polar surface area (TPSA) is 21.3 Å². The molecule has 108 valence electrons. The van der Waals surface area contributed by atoms with Crippen molar-refractivity contribution in [3.8, 4) is 5.75 Å². The molecule has 5 heteroatoms. The zero-order valence-electron chi connectivity index (χ0n) is 11.3. The Bertz CT molecular complexity index is 373. The smallest absolute Gasteiger partial charge is 0.156 e. The number of halogens is 3. The first-order valence-electron chi connectivity index (χ1n) is 6.48. The summed E-state index contributed by atoms with van der Waals surface area (Å²) in [6.07, 6.45) is 2.42. The summed E-state index contributed by atoms with van der Waals surface area (Å²) in [6.45, 7) is 6.76. The lowest BCUT2D eigenvalue weighted by atomic mass is 10.1.